The number of hydrogen-bond acceptors (Lipinski definition) is 2. The first-order valence-corrected chi connectivity index (χ1v) is 13.9. The molecule has 182 valence electrons. The third-order valence-corrected chi connectivity index (χ3v) is 13.5. The molecule has 0 saturated heterocycles. The fraction of sp³-hybridized carbons (Fsp3) is 0.933. The lowest BCUT2D eigenvalue weighted by Crippen LogP contribution is -2.65. The van der Waals surface area contributed by atoms with E-state index in [0.717, 1.165) is 12.3 Å². The second kappa shape index (κ2) is 7.09. The van der Waals surface area contributed by atoms with Crippen molar-refractivity contribution in [3.05, 3.63) is 11.6 Å². The van der Waals surface area contributed by atoms with E-state index in [0.29, 0.717) is 41.1 Å². The zero-order valence-corrected chi connectivity index (χ0v) is 22.0. The summed E-state index contributed by atoms with van der Waals surface area (Å²) < 4.78 is 0. The van der Waals surface area contributed by atoms with E-state index in [1.807, 2.05) is 0 Å². The van der Waals surface area contributed by atoms with E-state index < -0.39 is 0 Å². The maximum absolute atomic E-state index is 10.9. The fourth-order valence-electron chi connectivity index (χ4n) is 10.9. The molecule has 2 heteroatoms. The van der Waals surface area contributed by atoms with Crippen LogP contribution in [0.2, 0.25) is 0 Å². The molecule has 0 spiro atoms. The van der Waals surface area contributed by atoms with Crippen LogP contribution in [0.25, 0.3) is 0 Å². The minimum Gasteiger partial charge on any atom is -0.396 e. The summed E-state index contributed by atoms with van der Waals surface area (Å²) >= 11 is 0. The molecule has 0 heterocycles. The van der Waals surface area contributed by atoms with Gasteiger partial charge in [0.15, 0.2) is 0 Å². The Morgan fingerprint density at radius 3 is 2.28 bits per heavy atom. The van der Waals surface area contributed by atoms with E-state index in [4.69, 9.17) is 0 Å². The minimum atomic E-state index is -0.153. The van der Waals surface area contributed by atoms with E-state index in [-0.39, 0.29) is 22.3 Å². The van der Waals surface area contributed by atoms with Gasteiger partial charge in [0.1, 0.15) is 0 Å². The van der Waals surface area contributed by atoms with Crippen molar-refractivity contribution in [1.29, 1.82) is 0 Å². The summed E-state index contributed by atoms with van der Waals surface area (Å²) in [5, 5.41) is 21.6. The number of hydrogen-bond donors (Lipinski definition) is 2. The molecule has 32 heavy (non-hydrogen) atoms. The van der Waals surface area contributed by atoms with Crippen LogP contribution in [0.5, 0.6) is 0 Å². The maximum atomic E-state index is 10.9. The summed E-state index contributed by atoms with van der Waals surface area (Å²) in [6.07, 6.45) is 13.4. The summed E-state index contributed by atoms with van der Waals surface area (Å²) in [4.78, 5) is 0. The molecule has 0 aromatic heterocycles. The predicted octanol–water partition coefficient (Wildman–Crippen LogP) is 7.00. The zero-order chi connectivity index (χ0) is 23.3. The monoisotopic (exact) mass is 442 g/mol. The van der Waals surface area contributed by atoms with Gasteiger partial charge in [-0.05, 0) is 109 Å². The number of rotatable bonds is 1. The Balaban J connectivity index is 1.59. The summed E-state index contributed by atoms with van der Waals surface area (Å²) in [5.74, 6) is 3.29. The van der Waals surface area contributed by atoms with Gasteiger partial charge in [0, 0.05) is 12.0 Å². The highest BCUT2D eigenvalue weighted by Gasteiger charge is 2.68. The van der Waals surface area contributed by atoms with Gasteiger partial charge >= 0.3 is 0 Å². The van der Waals surface area contributed by atoms with Gasteiger partial charge in [-0.3, -0.25) is 0 Å². The molecular formula is C30H50O2. The highest BCUT2D eigenvalue weighted by molar-refractivity contribution is 5.34. The molecule has 2 nitrogen and oxygen atoms in total. The van der Waals surface area contributed by atoms with Gasteiger partial charge in [-0.25, -0.2) is 0 Å². The number of aliphatic hydroxyl groups is 2. The van der Waals surface area contributed by atoms with Crippen molar-refractivity contribution in [3.63, 3.8) is 0 Å². The van der Waals surface area contributed by atoms with Crippen LogP contribution in [-0.4, -0.2) is 22.9 Å². The quantitative estimate of drug-likeness (QED) is 0.429. The van der Waals surface area contributed by atoms with Gasteiger partial charge < -0.3 is 10.2 Å². The minimum absolute atomic E-state index is 0.0190. The van der Waals surface area contributed by atoms with Gasteiger partial charge in [0.2, 0.25) is 0 Å². The Bertz CT molecular complexity index is 799. The van der Waals surface area contributed by atoms with Crippen molar-refractivity contribution in [3.8, 4) is 0 Å². The van der Waals surface area contributed by atoms with Crippen LogP contribution in [0.15, 0.2) is 11.6 Å². The molecule has 0 aromatic rings. The molecule has 5 rings (SSSR count). The van der Waals surface area contributed by atoms with Crippen molar-refractivity contribution in [2.24, 2.45) is 56.7 Å². The molecule has 0 radical (unpaired) electrons. The second-order valence-electron chi connectivity index (χ2n) is 14.5. The average molecular weight is 443 g/mol. The standard InChI is InChI=1S/C30H50O2/c1-19-10-15-30(18-31)17-16-28(6)21(25(30)20(19)2)8-9-23-27(5)13-12-24(32)26(3,4)22(27)11-14-29(23,28)7/h8,19-20,22-25,31-32H,9-18H2,1-7H3/t19-,20+,22-,23+,24+,25+,27+,28-,29-,30-/m1/s1. The normalized spacial score (nSPS) is 56.8. The van der Waals surface area contributed by atoms with Crippen molar-refractivity contribution in [1.82, 2.24) is 0 Å². The van der Waals surface area contributed by atoms with Crippen LogP contribution in [0.1, 0.15) is 106 Å². The molecule has 0 unspecified atom stereocenters. The molecule has 0 amide bonds. The largest absolute Gasteiger partial charge is 0.396 e. The van der Waals surface area contributed by atoms with Gasteiger partial charge in [-0.15, -0.1) is 0 Å². The lowest BCUT2D eigenvalue weighted by atomic mass is 9.33. The zero-order valence-electron chi connectivity index (χ0n) is 22.0. The van der Waals surface area contributed by atoms with Crippen LogP contribution in [0.3, 0.4) is 0 Å². The SMILES string of the molecule is C[C@H]1[C@H](C)CC[C@]2(CO)CC[C@]3(C)C(=CC[C@H]4[C@@]5(C)CC[C@H](O)C(C)(C)[C@H]5CC[C@]43C)[C@H]12. The first-order chi connectivity index (χ1) is 14.9. The lowest BCUT2D eigenvalue weighted by Gasteiger charge is -2.71. The first-order valence-electron chi connectivity index (χ1n) is 13.9. The van der Waals surface area contributed by atoms with Gasteiger partial charge in [-0.2, -0.15) is 0 Å². The van der Waals surface area contributed by atoms with E-state index in [1.165, 1.54) is 51.4 Å². The Kier molecular flexibility index (Phi) is 5.19. The summed E-state index contributed by atoms with van der Waals surface area (Å²) in [5.41, 5.74) is 2.77. The highest BCUT2D eigenvalue weighted by Crippen LogP contribution is 2.75. The van der Waals surface area contributed by atoms with E-state index in [2.05, 4.69) is 54.5 Å². The van der Waals surface area contributed by atoms with Crippen LogP contribution in [-0.2, 0) is 0 Å². The first kappa shape index (κ1) is 23.4. The third kappa shape index (κ3) is 2.66. The highest BCUT2D eigenvalue weighted by atomic mass is 16.3. The van der Waals surface area contributed by atoms with E-state index in [9.17, 15) is 10.2 Å². The van der Waals surface area contributed by atoms with Gasteiger partial charge in [0.25, 0.3) is 0 Å². The van der Waals surface area contributed by atoms with Gasteiger partial charge in [0.05, 0.1) is 6.10 Å². The molecule has 10 atom stereocenters. The molecule has 5 aliphatic rings. The molecule has 0 bridgehead atoms. The van der Waals surface area contributed by atoms with Crippen molar-refractivity contribution in [2.45, 2.75) is 112 Å². The summed E-state index contributed by atoms with van der Waals surface area (Å²) in [7, 11) is 0. The molecule has 0 aliphatic heterocycles. The number of fused-ring (bicyclic) bond motifs is 7. The summed E-state index contributed by atoms with van der Waals surface area (Å²) in [6, 6.07) is 0. The van der Waals surface area contributed by atoms with Crippen LogP contribution >= 0.6 is 0 Å². The van der Waals surface area contributed by atoms with Crippen LogP contribution in [0.4, 0.5) is 0 Å². The molecule has 2 N–H and O–H groups in total. The third-order valence-electron chi connectivity index (χ3n) is 13.5. The fourth-order valence-corrected chi connectivity index (χ4v) is 10.9. The van der Waals surface area contributed by atoms with E-state index in [1.54, 1.807) is 5.57 Å². The topological polar surface area (TPSA) is 40.5 Å². The molecular weight excluding hydrogens is 392 g/mol. The maximum Gasteiger partial charge on any atom is 0.0594 e. The van der Waals surface area contributed by atoms with Crippen LogP contribution < -0.4 is 0 Å². The summed E-state index contributed by atoms with van der Waals surface area (Å²) in [6.45, 7) is 17.9. The molecule has 0 aromatic carbocycles. The van der Waals surface area contributed by atoms with Crippen molar-refractivity contribution < 1.29 is 10.2 Å². The molecule has 4 fully saturated rings. The lowest BCUT2D eigenvalue weighted by molar-refractivity contribution is -0.205. The average Bonchev–Trinajstić information content (AvgIpc) is 2.74. The van der Waals surface area contributed by atoms with E-state index >= 15 is 0 Å². The Morgan fingerprint density at radius 1 is 0.875 bits per heavy atom. The van der Waals surface area contributed by atoms with Crippen molar-refractivity contribution in [2.75, 3.05) is 6.61 Å². The second-order valence-corrected chi connectivity index (χ2v) is 14.5. The number of aliphatic hydroxyl groups excluding tert-OH is 2. The van der Waals surface area contributed by atoms with Crippen LogP contribution in [0, 0.1) is 56.7 Å². The Hall–Kier alpha value is -0.340. The Labute approximate surface area is 197 Å². The van der Waals surface area contributed by atoms with Gasteiger partial charge in [-0.1, -0.05) is 60.1 Å². The number of allylic oxidation sites excluding steroid dienone is 2. The Morgan fingerprint density at radius 2 is 1.59 bits per heavy atom. The van der Waals surface area contributed by atoms with Crippen molar-refractivity contribution >= 4 is 0 Å². The predicted molar refractivity (Wildman–Crippen MR) is 132 cm³/mol. The molecule has 4 saturated carbocycles. The smallest absolute Gasteiger partial charge is 0.0594 e. The molecule has 5 aliphatic carbocycles.